The van der Waals surface area contributed by atoms with Crippen molar-refractivity contribution in [2.45, 2.75) is 6.92 Å². The van der Waals surface area contributed by atoms with Crippen LogP contribution in [0.5, 0.6) is 0 Å². The van der Waals surface area contributed by atoms with Crippen molar-refractivity contribution < 1.29 is 0 Å². The van der Waals surface area contributed by atoms with Crippen molar-refractivity contribution in [2.24, 2.45) is 0 Å². The maximum absolute atomic E-state index is 5.97. The molecule has 3 rings (SSSR count). The minimum absolute atomic E-state index is 0.586. The van der Waals surface area contributed by atoms with Crippen molar-refractivity contribution >= 4 is 5.69 Å². The summed E-state index contributed by atoms with van der Waals surface area (Å²) in [7, 11) is 0. The highest BCUT2D eigenvalue weighted by atomic mass is 15.6. The molecule has 0 amide bonds. The summed E-state index contributed by atoms with van der Waals surface area (Å²) in [5, 5.41) is 12.5. The first kappa shape index (κ1) is 11.4. The fraction of sp³-hybridized carbons (Fsp3) is 0.0714. The first-order chi connectivity index (χ1) is 9.25. The van der Waals surface area contributed by atoms with Crippen LogP contribution in [-0.4, -0.2) is 20.2 Å². The van der Waals surface area contributed by atoms with Crippen molar-refractivity contribution in [3.8, 4) is 17.1 Å². The number of nitrogen functional groups attached to an aromatic ring is 1. The highest BCUT2D eigenvalue weighted by Gasteiger charge is 2.11. The van der Waals surface area contributed by atoms with Gasteiger partial charge in [0.2, 0.25) is 5.82 Å². The van der Waals surface area contributed by atoms with Gasteiger partial charge >= 0.3 is 0 Å². The van der Waals surface area contributed by atoms with Crippen LogP contribution in [0.15, 0.2) is 48.5 Å². The summed E-state index contributed by atoms with van der Waals surface area (Å²) < 4.78 is 0. The largest absolute Gasteiger partial charge is 0.397 e. The van der Waals surface area contributed by atoms with E-state index in [1.165, 1.54) is 4.80 Å². The summed E-state index contributed by atoms with van der Waals surface area (Å²) in [4.78, 5) is 1.48. The van der Waals surface area contributed by atoms with Gasteiger partial charge in [0, 0.05) is 5.56 Å². The molecule has 0 aliphatic heterocycles. The van der Waals surface area contributed by atoms with E-state index in [0.29, 0.717) is 11.5 Å². The van der Waals surface area contributed by atoms with E-state index in [9.17, 15) is 0 Å². The molecule has 0 aliphatic carbocycles. The Morgan fingerprint density at radius 1 is 1.00 bits per heavy atom. The summed E-state index contributed by atoms with van der Waals surface area (Å²) in [5.41, 5.74) is 9.33. The maximum atomic E-state index is 5.97. The van der Waals surface area contributed by atoms with Crippen LogP contribution in [0.25, 0.3) is 17.1 Å². The number of aryl methyl sites for hydroxylation is 1. The molecule has 0 atom stereocenters. The number of anilines is 1. The zero-order valence-electron chi connectivity index (χ0n) is 10.5. The number of nitrogens with zero attached hydrogens (tertiary/aromatic N) is 4. The summed E-state index contributed by atoms with van der Waals surface area (Å²) in [6.45, 7) is 1.97. The van der Waals surface area contributed by atoms with Gasteiger partial charge in [0.15, 0.2) is 0 Å². The predicted octanol–water partition coefficient (Wildman–Crippen LogP) is 2.22. The molecule has 0 unspecified atom stereocenters. The second kappa shape index (κ2) is 4.53. The lowest BCUT2D eigenvalue weighted by molar-refractivity contribution is 0.718. The molecule has 2 aromatic carbocycles. The lowest BCUT2D eigenvalue weighted by Crippen LogP contribution is -2.05. The van der Waals surface area contributed by atoms with Gasteiger partial charge in [0.25, 0.3) is 0 Å². The minimum Gasteiger partial charge on any atom is -0.397 e. The van der Waals surface area contributed by atoms with Gasteiger partial charge in [-0.05, 0) is 23.8 Å². The van der Waals surface area contributed by atoms with Crippen molar-refractivity contribution in [2.75, 3.05) is 5.73 Å². The Kier molecular flexibility index (Phi) is 2.72. The molecule has 0 radical (unpaired) electrons. The van der Waals surface area contributed by atoms with E-state index in [1.807, 2.05) is 55.5 Å². The van der Waals surface area contributed by atoms with E-state index < -0.39 is 0 Å². The topological polar surface area (TPSA) is 69.6 Å². The van der Waals surface area contributed by atoms with Crippen LogP contribution < -0.4 is 5.73 Å². The SMILES string of the molecule is Cc1cccc(N)c1-n1nnc(-c2ccccc2)n1. The molecule has 94 valence electrons. The van der Waals surface area contributed by atoms with Gasteiger partial charge in [-0.15, -0.1) is 15.0 Å². The Hall–Kier alpha value is -2.69. The predicted molar refractivity (Wildman–Crippen MR) is 73.7 cm³/mol. The van der Waals surface area contributed by atoms with E-state index in [0.717, 1.165) is 16.8 Å². The van der Waals surface area contributed by atoms with E-state index in [4.69, 9.17) is 5.73 Å². The van der Waals surface area contributed by atoms with E-state index in [-0.39, 0.29) is 0 Å². The third-order valence-corrected chi connectivity index (χ3v) is 2.91. The first-order valence-corrected chi connectivity index (χ1v) is 5.96. The number of benzene rings is 2. The third-order valence-electron chi connectivity index (χ3n) is 2.91. The average molecular weight is 251 g/mol. The molecular weight excluding hydrogens is 238 g/mol. The van der Waals surface area contributed by atoms with Crippen LogP contribution in [0, 0.1) is 6.92 Å². The molecule has 0 saturated heterocycles. The lowest BCUT2D eigenvalue weighted by atomic mass is 10.2. The van der Waals surface area contributed by atoms with Crippen LogP contribution >= 0.6 is 0 Å². The highest BCUT2D eigenvalue weighted by molar-refractivity contribution is 5.61. The standard InChI is InChI=1S/C14H13N5/c1-10-6-5-9-12(15)13(10)19-17-14(16-18-19)11-7-3-2-4-8-11/h2-9H,15H2,1H3. The Labute approximate surface area is 110 Å². The lowest BCUT2D eigenvalue weighted by Gasteiger charge is -2.06. The second-order valence-electron chi connectivity index (χ2n) is 4.28. The van der Waals surface area contributed by atoms with E-state index >= 15 is 0 Å². The van der Waals surface area contributed by atoms with E-state index in [1.54, 1.807) is 0 Å². The zero-order chi connectivity index (χ0) is 13.2. The molecule has 2 N–H and O–H groups in total. The van der Waals surface area contributed by atoms with Crippen molar-refractivity contribution in [3.05, 3.63) is 54.1 Å². The van der Waals surface area contributed by atoms with Gasteiger partial charge in [0.1, 0.15) is 5.69 Å². The molecular formula is C14H13N5. The van der Waals surface area contributed by atoms with Gasteiger partial charge < -0.3 is 5.73 Å². The number of para-hydroxylation sites is 1. The molecule has 0 fully saturated rings. The number of nitrogens with two attached hydrogens (primary N) is 1. The molecule has 1 heterocycles. The summed E-state index contributed by atoms with van der Waals surface area (Å²) in [6.07, 6.45) is 0. The summed E-state index contributed by atoms with van der Waals surface area (Å²) in [5.74, 6) is 0.586. The normalized spacial score (nSPS) is 10.6. The molecule has 3 aromatic rings. The van der Waals surface area contributed by atoms with Gasteiger partial charge in [-0.3, -0.25) is 0 Å². The fourth-order valence-corrected chi connectivity index (χ4v) is 1.97. The van der Waals surface area contributed by atoms with Crippen LogP contribution in [0.4, 0.5) is 5.69 Å². The monoisotopic (exact) mass is 251 g/mol. The van der Waals surface area contributed by atoms with Crippen molar-refractivity contribution in [3.63, 3.8) is 0 Å². The quantitative estimate of drug-likeness (QED) is 0.709. The smallest absolute Gasteiger partial charge is 0.205 e. The van der Waals surface area contributed by atoms with Gasteiger partial charge in [0.05, 0.1) is 5.69 Å². The van der Waals surface area contributed by atoms with Crippen LogP contribution in [0.1, 0.15) is 5.56 Å². The number of tetrazole rings is 1. The summed E-state index contributed by atoms with van der Waals surface area (Å²) in [6, 6.07) is 15.4. The molecule has 19 heavy (non-hydrogen) atoms. The fourth-order valence-electron chi connectivity index (χ4n) is 1.97. The molecule has 5 heteroatoms. The molecule has 0 bridgehead atoms. The third kappa shape index (κ3) is 2.06. The highest BCUT2D eigenvalue weighted by Crippen LogP contribution is 2.20. The molecule has 5 nitrogen and oxygen atoms in total. The van der Waals surface area contributed by atoms with Gasteiger partial charge in [-0.2, -0.15) is 0 Å². The Morgan fingerprint density at radius 3 is 2.53 bits per heavy atom. The minimum atomic E-state index is 0.586. The maximum Gasteiger partial charge on any atom is 0.205 e. The molecule has 1 aromatic heterocycles. The summed E-state index contributed by atoms with van der Waals surface area (Å²) >= 11 is 0. The van der Waals surface area contributed by atoms with Crippen molar-refractivity contribution in [1.82, 2.24) is 20.2 Å². The van der Waals surface area contributed by atoms with Gasteiger partial charge in [-0.25, -0.2) is 0 Å². The first-order valence-electron chi connectivity index (χ1n) is 5.96. The van der Waals surface area contributed by atoms with Crippen molar-refractivity contribution in [1.29, 1.82) is 0 Å². The Morgan fingerprint density at radius 2 is 1.79 bits per heavy atom. The number of aromatic nitrogens is 4. The van der Waals surface area contributed by atoms with Gasteiger partial charge in [-0.1, -0.05) is 42.5 Å². The number of hydrogen-bond acceptors (Lipinski definition) is 4. The Bertz CT molecular complexity index is 683. The van der Waals surface area contributed by atoms with Crippen LogP contribution in [-0.2, 0) is 0 Å². The van der Waals surface area contributed by atoms with E-state index in [2.05, 4.69) is 15.4 Å². The number of rotatable bonds is 2. The van der Waals surface area contributed by atoms with Crippen LogP contribution in [0.2, 0.25) is 0 Å². The Balaban J connectivity index is 2.07. The molecule has 0 saturated carbocycles. The van der Waals surface area contributed by atoms with Crippen LogP contribution in [0.3, 0.4) is 0 Å². The average Bonchev–Trinajstić information content (AvgIpc) is 2.89. The second-order valence-corrected chi connectivity index (χ2v) is 4.28. The number of hydrogen-bond donors (Lipinski definition) is 1. The molecule has 0 spiro atoms. The zero-order valence-corrected chi connectivity index (χ0v) is 10.5. The molecule has 0 aliphatic rings.